The van der Waals surface area contributed by atoms with Crippen LogP contribution in [0, 0.1) is 0 Å². The van der Waals surface area contributed by atoms with Crippen LogP contribution in [-0.4, -0.2) is 25.5 Å². The van der Waals surface area contributed by atoms with E-state index in [0.717, 1.165) is 45.3 Å². The van der Waals surface area contributed by atoms with Crippen LogP contribution in [0.2, 0.25) is 0 Å². The molecule has 1 unspecified atom stereocenters. The third kappa shape index (κ3) is 8.30. The highest BCUT2D eigenvalue weighted by Crippen LogP contribution is 2.24. The predicted molar refractivity (Wildman–Crippen MR) is 111 cm³/mol. The van der Waals surface area contributed by atoms with Crippen molar-refractivity contribution < 1.29 is 4.79 Å². The number of nitrogens with two attached hydrogens (primary N) is 1. The molecule has 2 rings (SSSR count). The molecule has 1 aromatic rings. The van der Waals surface area contributed by atoms with Crippen LogP contribution >= 0.6 is 24.8 Å². The molecule has 1 aliphatic rings. The van der Waals surface area contributed by atoms with Crippen molar-refractivity contribution in [3.8, 4) is 0 Å². The molecular formula is C19H33Cl2N3O. The van der Waals surface area contributed by atoms with Crippen LogP contribution in [0.15, 0.2) is 24.3 Å². The van der Waals surface area contributed by atoms with Gasteiger partial charge in [0.2, 0.25) is 5.91 Å². The number of unbranched alkanes of at least 4 members (excludes halogenated alkanes) is 3. The minimum Gasteiger partial charge on any atom is -0.372 e. The van der Waals surface area contributed by atoms with Crippen LogP contribution in [0.1, 0.15) is 63.5 Å². The number of hydrogen-bond acceptors (Lipinski definition) is 3. The molecule has 0 aliphatic carbocycles. The molecule has 1 amide bonds. The van der Waals surface area contributed by atoms with Crippen LogP contribution in [-0.2, 0) is 4.79 Å². The van der Waals surface area contributed by atoms with E-state index in [0.29, 0.717) is 6.42 Å². The van der Waals surface area contributed by atoms with E-state index >= 15 is 0 Å². The van der Waals surface area contributed by atoms with Gasteiger partial charge >= 0.3 is 0 Å². The number of hydrogen-bond donors (Lipinski definition) is 2. The van der Waals surface area contributed by atoms with E-state index in [9.17, 15) is 4.79 Å². The average Bonchev–Trinajstić information content (AvgIpc) is 3.09. The number of anilines is 1. The smallest absolute Gasteiger partial charge is 0.220 e. The lowest BCUT2D eigenvalue weighted by atomic mass is 10.1. The molecule has 4 nitrogen and oxygen atoms in total. The number of amides is 1. The Hall–Kier alpha value is -0.970. The molecule has 0 radical (unpaired) electrons. The quantitative estimate of drug-likeness (QED) is 0.621. The van der Waals surface area contributed by atoms with Crippen molar-refractivity contribution in [2.45, 2.75) is 57.9 Å². The second-order valence-electron chi connectivity index (χ2n) is 6.53. The summed E-state index contributed by atoms with van der Waals surface area (Å²) in [6.07, 6.45) is 7.39. The molecule has 1 atom stereocenters. The third-order valence-electron chi connectivity index (χ3n) is 4.58. The van der Waals surface area contributed by atoms with Gasteiger partial charge in [0.25, 0.3) is 0 Å². The van der Waals surface area contributed by atoms with Crippen LogP contribution in [0.25, 0.3) is 0 Å². The van der Waals surface area contributed by atoms with Gasteiger partial charge in [-0.25, -0.2) is 0 Å². The monoisotopic (exact) mass is 389 g/mol. The van der Waals surface area contributed by atoms with Crippen LogP contribution in [0.4, 0.5) is 5.69 Å². The van der Waals surface area contributed by atoms with Crippen LogP contribution < -0.4 is 16.0 Å². The Morgan fingerprint density at radius 2 is 1.84 bits per heavy atom. The van der Waals surface area contributed by atoms with E-state index in [4.69, 9.17) is 5.73 Å². The number of nitrogens with one attached hydrogen (secondary N) is 1. The van der Waals surface area contributed by atoms with Gasteiger partial charge in [-0.05, 0) is 56.8 Å². The molecule has 1 saturated heterocycles. The summed E-state index contributed by atoms with van der Waals surface area (Å²) < 4.78 is 0. The summed E-state index contributed by atoms with van der Waals surface area (Å²) in [5, 5.41) is 3.12. The molecule has 144 valence electrons. The molecule has 1 aliphatic heterocycles. The number of carbonyl (C=O) groups is 1. The first-order valence-corrected chi connectivity index (χ1v) is 9.05. The first-order valence-electron chi connectivity index (χ1n) is 9.05. The molecule has 1 fully saturated rings. The minimum atomic E-state index is 0. The Balaban J connectivity index is 0.00000288. The first-order chi connectivity index (χ1) is 11.2. The fraction of sp³-hybridized carbons (Fsp3) is 0.632. The van der Waals surface area contributed by atoms with Crippen molar-refractivity contribution in [3.05, 3.63) is 29.8 Å². The molecule has 0 spiro atoms. The highest BCUT2D eigenvalue weighted by molar-refractivity contribution is 5.85. The highest BCUT2D eigenvalue weighted by Gasteiger charge is 2.14. The largest absolute Gasteiger partial charge is 0.372 e. The summed E-state index contributed by atoms with van der Waals surface area (Å²) in [4.78, 5) is 14.5. The first kappa shape index (κ1) is 24.0. The summed E-state index contributed by atoms with van der Waals surface area (Å²) in [6.45, 7) is 5.10. The SMILES string of the molecule is CC(NC(=O)CCCCCCN)c1cccc(N2CCCC2)c1.Cl.Cl. The van der Waals surface area contributed by atoms with Crippen molar-refractivity contribution in [1.82, 2.24) is 5.32 Å². The van der Waals surface area contributed by atoms with E-state index in [1.165, 1.54) is 24.1 Å². The van der Waals surface area contributed by atoms with Gasteiger partial charge in [0.1, 0.15) is 0 Å². The number of carbonyl (C=O) groups excluding carboxylic acids is 1. The van der Waals surface area contributed by atoms with Crippen molar-refractivity contribution in [2.75, 3.05) is 24.5 Å². The van der Waals surface area contributed by atoms with E-state index in [2.05, 4.69) is 41.4 Å². The van der Waals surface area contributed by atoms with E-state index in [-0.39, 0.29) is 36.8 Å². The lowest BCUT2D eigenvalue weighted by Gasteiger charge is -2.20. The second-order valence-corrected chi connectivity index (χ2v) is 6.53. The van der Waals surface area contributed by atoms with Crippen molar-refractivity contribution in [1.29, 1.82) is 0 Å². The van der Waals surface area contributed by atoms with Crippen LogP contribution in [0.3, 0.4) is 0 Å². The summed E-state index contributed by atoms with van der Waals surface area (Å²) in [5.41, 5.74) is 7.94. The number of halogens is 2. The molecule has 0 saturated carbocycles. The maximum Gasteiger partial charge on any atom is 0.220 e. The van der Waals surface area contributed by atoms with Crippen LogP contribution in [0.5, 0.6) is 0 Å². The van der Waals surface area contributed by atoms with Crippen molar-refractivity contribution in [3.63, 3.8) is 0 Å². The maximum atomic E-state index is 12.1. The van der Waals surface area contributed by atoms with Gasteiger partial charge in [-0.1, -0.05) is 25.0 Å². The normalized spacial score (nSPS) is 14.4. The van der Waals surface area contributed by atoms with Gasteiger partial charge in [0, 0.05) is 25.2 Å². The zero-order chi connectivity index (χ0) is 16.5. The Morgan fingerprint density at radius 3 is 2.52 bits per heavy atom. The summed E-state index contributed by atoms with van der Waals surface area (Å²) in [6, 6.07) is 8.65. The van der Waals surface area contributed by atoms with Gasteiger partial charge in [-0.2, -0.15) is 0 Å². The topological polar surface area (TPSA) is 58.4 Å². The predicted octanol–water partition coefficient (Wildman–Crippen LogP) is 4.22. The Morgan fingerprint density at radius 1 is 1.16 bits per heavy atom. The van der Waals surface area contributed by atoms with Crippen molar-refractivity contribution in [2.24, 2.45) is 5.73 Å². The maximum absolute atomic E-state index is 12.1. The van der Waals surface area contributed by atoms with Gasteiger partial charge in [0.15, 0.2) is 0 Å². The van der Waals surface area contributed by atoms with Gasteiger partial charge in [0.05, 0.1) is 6.04 Å². The van der Waals surface area contributed by atoms with Gasteiger partial charge in [-0.15, -0.1) is 24.8 Å². The minimum absolute atomic E-state index is 0. The number of benzene rings is 1. The lowest BCUT2D eigenvalue weighted by molar-refractivity contribution is -0.121. The third-order valence-corrected chi connectivity index (χ3v) is 4.58. The number of rotatable bonds is 9. The zero-order valence-corrected chi connectivity index (χ0v) is 16.8. The van der Waals surface area contributed by atoms with E-state index in [1.54, 1.807) is 0 Å². The van der Waals surface area contributed by atoms with Gasteiger partial charge < -0.3 is 16.0 Å². The molecule has 25 heavy (non-hydrogen) atoms. The average molecular weight is 390 g/mol. The highest BCUT2D eigenvalue weighted by atomic mass is 35.5. The standard InChI is InChI=1S/C19H31N3O.2ClH/c1-16(21-19(23)11-4-2-3-5-12-20)17-9-8-10-18(15-17)22-13-6-7-14-22;;/h8-10,15-16H,2-7,11-14,20H2,1H3,(H,21,23);2*1H. The van der Waals surface area contributed by atoms with Crippen molar-refractivity contribution >= 4 is 36.4 Å². The molecule has 1 heterocycles. The number of nitrogens with zero attached hydrogens (tertiary/aromatic N) is 1. The molecule has 1 aromatic carbocycles. The second kappa shape index (κ2) is 13.3. The van der Waals surface area contributed by atoms with E-state index in [1.807, 2.05) is 0 Å². The molecule has 0 bridgehead atoms. The van der Waals surface area contributed by atoms with E-state index < -0.39 is 0 Å². The van der Waals surface area contributed by atoms with Gasteiger partial charge in [-0.3, -0.25) is 4.79 Å². The molecular weight excluding hydrogens is 357 g/mol. The lowest BCUT2D eigenvalue weighted by Crippen LogP contribution is -2.26. The zero-order valence-electron chi connectivity index (χ0n) is 15.2. The summed E-state index contributed by atoms with van der Waals surface area (Å²) in [5.74, 6) is 0.150. The molecule has 6 heteroatoms. The molecule has 3 N–H and O–H groups in total. The Labute approximate surface area is 164 Å². The Kier molecular flexibility index (Phi) is 12.7. The fourth-order valence-electron chi connectivity index (χ4n) is 3.15. The summed E-state index contributed by atoms with van der Waals surface area (Å²) >= 11 is 0. The fourth-order valence-corrected chi connectivity index (χ4v) is 3.15. The Bertz CT molecular complexity index is 493. The summed E-state index contributed by atoms with van der Waals surface area (Å²) in [7, 11) is 0. The molecule has 0 aromatic heterocycles.